The number of amides is 2. The minimum absolute atomic E-state index is 0.0589. The normalized spacial score (nSPS) is 16.3. The van der Waals surface area contributed by atoms with Gasteiger partial charge >= 0.3 is 11.8 Å². The summed E-state index contributed by atoms with van der Waals surface area (Å²) in [5.74, 6) is 1.01. The molecule has 4 N–H and O–H groups in total. The van der Waals surface area contributed by atoms with Crippen LogP contribution in [0.2, 0.25) is 0 Å². The Morgan fingerprint density at radius 2 is 1.92 bits per heavy atom. The van der Waals surface area contributed by atoms with Crippen molar-refractivity contribution in [3.05, 3.63) is 58.1 Å². The minimum Gasteiger partial charge on any atom is -0.439 e. The number of benzene rings is 2. The molecule has 11 nitrogen and oxygen atoms in total. The summed E-state index contributed by atoms with van der Waals surface area (Å²) in [6, 6.07) is 11.2. The number of fused-ring (bicyclic) bond motifs is 2. The largest absolute Gasteiger partial charge is 0.439 e. The number of piperidine rings is 1. The van der Waals surface area contributed by atoms with Gasteiger partial charge in [0, 0.05) is 43.5 Å². The monoisotopic (exact) mass is 528 g/mol. The van der Waals surface area contributed by atoms with Gasteiger partial charge in [-0.2, -0.15) is 9.97 Å². The number of nitrogen functional groups attached to an aromatic ring is 1. The van der Waals surface area contributed by atoms with Crippen molar-refractivity contribution >= 4 is 50.0 Å². The van der Waals surface area contributed by atoms with Crippen LogP contribution in [0.4, 0.5) is 22.2 Å². The molecule has 2 aliphatic rings. The van der Waals surface area contributed by atoms with Gasteiger partial charge in [0.25, 0.3) is 0 Å². The third-order valence-corrected chi connectivity index (χ3v) is 7.40. The van der Waals surface area contributed by atoms with E-state index in [0.29, 0.717) is 48.2 Å². The van der Waals surface area contributed by atoms with Crippen molar-refractivity contribution in [3.63, 3.8) is 0 Å². The van der Waals surface area contributed by atoms with E-state index in [1.807, 2.05) is 24.0 Å². The Bertz CT molecular complexity index is 1590. The van der Waals surface area contributed by atoms with Crippen LogP contribution in [0, 0.1) is 6.92 Å². The summed E-state index contributed by atoms with van der Waals surface area (Å²) in [6.45, 7) is 3.94. The molecule has 12 heteroatoms. The van der Waals surface area contributed by atoms with Crippen LogP contribution >= 0.6 is 0 Å². The van der Waals surface area contributed by atoms with Gasteiger partial charge in [0.1, 0.15) is 11.6 Å². The number of carbonyl (C=O) groups is 1. The SMILES string of the molecule is Cc1cc(Oc2cc(N3CCC(N4CCc5cc([Si])ccc5NC4=O)CC3)nc(N)n2)cc2oc(=O)[nH]c12. The Kier molecular flexibility index (Phi) is 6.02. The van der Waals surface area contributed by atoms with Gasteiger partial charge in [0.2, 0.25) is 11.8 Å². The fraction of sp³-hybridized carbons (Fsp3) is 0.308. The summed E-state index contributed by atoms with van der Waals surface area (Å²) in [5.41, 5.74) is 9.85. The second-order valence-electron chi connectivity index (χ2n) is 9.62. The van der Waals surface area contributed by atoms with E-state index in [1.165, 1.54) is 0 Å². The standard InChI is InChI=1S/C26H26N7O4Si/c1-14-10-17(12-20-23(14)31-26(35)37-20)36-22-13-21(29-24(27)30-22)32-7-5-16(6-8-32)33-9-4-15-11-18(38)2-3-19(15)28-25(33)34/h2-3,10-13,16H,4-9H2,1H3,(H,28,34)(H,31,35)(H2,27,29,30). The molecule has 4 heterocycles. The van der Waals surface area contributed by atoms with E-state index in [1.54, 1.807) is 18.2 Å². The smallest absolute Gasteiger partial charge is 0.417 e. The molecule has 2 aromatic carbocycles. The van der Waals surface area contributed by atoms with Crippen LogP contribution in [-0.2, 0) is 6.42 Å². The van der Waals surface area contributed by atoms with Crippen molar-refractivity contribution in [3.8, 4) is 11.6 Å². The minimum atomic E-state index is -0.521. The van der Waals surface area contributed by atoms with Gasteiger partial charge < -0.3 is 30.0 Å². The Morgan fingerprint density at radius 3 is 2.74 bits per heavy atom. The average Bonchev–Trinajstić information content (AvgIpc) is 3.18. The van der Waals surface area contributed by atoms with Crippen molar-refractivity contribution in [1.82, 2.24) is 19.9 Å². The highest BCUT2D eigenvalue weighted by Crippen LogP contribution is 2.30. The van der Waals surface area contributed by atoms with E-state index in [-0.39, 0.29) is 18.0 Å². The molecule has 3 radical (unpaired) electrons. The average molecular weight is 529 g/mol. The highest BCUT2D eigenvalue weighted by Gasteiger charge is 2.30. The molecular weight excluding hydrogens is 502 g/mol. The first-order valence-corrected chi connectivity index (χ1v) is 13.0. The molecule has 0 atom stereocenters. The number of aryl methyl sites for hydroxylation is 1. The molecule has 38 heavy (non-hydrogen) atoms. The summed E-state index contributed by atoms with van der Waals surface area (Å²) in [4.78, 5) is 39.9. The van der Waals surface area contributed by atoms with Gasteiger partial charge in [-0.3, -0.25) is 4.98 Å². The summed E-state index contributed by atoms with van der Waals surface area (Å²) in [7, 11) is 3.57. The van der Waals surface area contributed by atoms with E-state index in [0.717, 1.165) is 41.3 Å². The van der Waals surface area contributed by atoms with Gasteiger partial charge in [-0.1, -0.05) is 17.3 Å². The lowest BCUT2D eigenvalue weighted by molar-refractivity contribution is 0.177. The van der Waals surface area contributed by atoms with Gasteiger partial charge in [-0.25, -0.2) is 9.59 Å². The number of H-pyrrole nitrogens is 1. The molecule has 4 aromatic rings. The van der Waals surface area contributed by atoms with Crippen LogP contribution in [0.1, 0.15) is 24.0 Å². The number of carbonyl (C=O) groups excluding carboxylic acids is 1. The Balaban J connectivity index is 1.14. The first-order valence-electron chi connectivity index (χ1n) is 12.5. The molecule has 0 bridgehead atoms. The van der Waals surface area contributed by atoms with Gasteiger partial charge in [-0.15, -0.1) is 0 Å². The number of aromatic amines is 1. The van der Waals surface area contributed by atoms with E-state index >= 15 is 0 Å². The first-order chi connectivity index (χ1) is 18.3. The Hall–Kier alpha value is -4.32. The lowest BCUT2D eigenvalue weighted by Gasteiger charge is -2.38. The second kappa shape index (κ2) is 9.52. The van der Waals surface area contributed by atoms with Crippen molar-refractivity contribution < 1.29 is 13.9 Å². The number of aromatic nitrogens is 3. The molecule has 1 fully saturated rings. The molecule has 0 aliphatic carbocycles. The number of hydrogen-bond donors (Lipinski definition) is 3. The Morgan fingerprint density at radius 1 is 1.11 bits per heavy atom. The van der Waals surface area contributed by atoms with Crippen LogP contribution < -0.4 is 31.6 Å². The van der Waals surface area contributed by atoms with Crippen molar-refractivity contribution in [2.45, 2.75) is 32.2 Å². The number of urea groups is 1. The molecule has 1 saturated heterocycles. The molecule has 2 amide bonds. The lowest BCUT2D eigenvalue weighted by atomic mass is 10.0. The summed E-state index contributed by atoms with van der Waals surface area (Å²) in [5, 5.41) is 4.07. The fourth-order valence-corrected chi connectivity index (χ4v) is 5.48. The number of hydrogen-bond acceptors (Lipinski definition) is 8. The maximum absolute atomic E-state index is 13.0. The quantitative estimate of drug-likeness (QED) is 0.343. The number of anilines is 3. The summed E-state index contributed by atoms with van der Waals surface area (Å²) < 4.78 is 11.2. The number of ether oxygens (including phenoxy) is 1. The topological polar surface area (TPSA) is 143 Å². The maximum Gasteiger partial charge on any atom is 0.417 e. The molecule has 0 spiro atoms. The third kappa shape index (κ3) is 4.70. The second-order valence-corrected chi connectivity index (χ2v) is 10.2. The highest BCUT2D eigenvalue weighted by molar-refractivity contribution is 6.32. The molecular formula is C26H26N7O4Si. The molecule has 0 saturated carbocycles. The molecule has 0 unspecified atom stereocenters. The zero-order chi connectivity index (χ0) is 26.4. The third-order valence-electron chi connectivity index (χ3n) is 7.09. The van der Waals surface area contributed by atoms with Crippen LogP contribution in [0.15, 0.2) is 45.6 Å². The zero-order valence-electron chi connectivity index (χ0n) is 20.8. The lowest BCUT2D eigenvalue weighted by Crippen LogP contribution is -2.49. The van der Waals surface area contributed by atoms with Crippen LogP contribution in [0.3, 0.4) is 0 Å². The molecule has 6 rings (SSSR count). The number of oxazole rings is 1. The number of nitrogens with two attached hydrogens (primary N) is 1. The molecule has 193 valence electrons. The predicted octanol–water partition coefficient (Wildman–Crippen LogP) is 2.45. The van der Waals surface area contributed by atoms with Crippen LogP contribution in [0.5, 0.6) is 11.6 Å². The van der Waals surface area contributed by atoms with Gasteiger partial charge in [0.05, 0.1) is 15.8 Å². The van der Waals surface area contributed by atoms with Crippen molar-refractivity contribution in [2.75, 3.05) is 35.6 Å². The maximum atomic E-state index is 13.0. The van der Waals surface area contributed by atoms with Crippen LogP contribution in [-0.4, -0.2) is 61.8 Å². The van der Waals surface area contributed by atoms with E-state index in [2.05, 4.69) is 41.5 Å². The number of rotatable bonds is 4. The van der Waals surface area contributed by atoms with E-state index < -0.39 is 5.76 Å². The highest BCUT2D eigenvalue weighted by atomic mass is 28.1. The Labute approximate surface area is 221 Å². The summed E-state index contributed by atoms with van der Waals surface area (Å²) >= 11 is 0. The van der Waals surface area contributed by atoms with E-state index in [4.69, 9.17) is 14.9 Å². The van der Waals surface area contributed by atoms with Crippen LogP contribution in [0.25, 0.3) is 11.1 Å². The number of nitrogens with zero attached hydrogens (tertiary/aromatic N) is 4. The van der Waals surface area contributed by atoms with Gasteiger partial charge in [-0.05, 0) is 49.4 Å². The van der Waals surface area contributed by atoms with Crippen molar-refractivity contribution in [2.24, 2.45) is 0 Å². The fourth-order valence-electron chi connectivity index (χ4n) is 5.22. The molecule has 2 aromatic heterocycles. The van der Waals surface area contributed by atoms with Crippen molar-refractivity contribution in [1.29, 1.82) is 0 Å². The summed E-state index contributed by atoms with van der Waals surface area (Å²) in [6.07, 6.45) is 2.40. The number of nitrogens with one attached hydrogen (secondary N) is 2. The predicted molar refractivity (Wildman–Crippen MR) is 145 cm³/mol. The first kappa shape index (κ1) is 24.0. The molecule has 2 aliphatic heterocycles. The van der Waals surface area contributed by atoms with Gasteiger partial charge in [0.15, 0.2) is 5.58 Å². The van der Waals surface area contributed by atoms with E-state index in [9.17, 15) is 9.59 Å². The zero-order valence-corrected chi connectivity index (χ0v) is 21.8.